The number of nitrogens with one attached hydrogen (secondary N) is 1. The molecule has 0 amide bonds. The predicted octanol–water partition coefficient (Wildman–Crippen LogP) is 5.08. The van der Waals surface area contributed by atoms with Crippen LogP contribution in [-0.2, 0) is 13.0 Å². The molecule has 0 aromatic carbocycles. The van der Waals surface area contributed by atoms with Crippen LogP contribution in [0.5, 0.6) is 0 Å². The summed E-state index contributed by atoms with van der Waals surface area (Å²) in [5.74, 6) is 0. The van der Waals surface area contributed by atoms with E-state index >= 15 is 0 Å². The molecule has 2 nitrogen and oxygen atoms in total. The molecule has 2 aromatic rings. The second-order valence-electron chi connectivity index (χ2n) is 5.48. The van der Waals surface area contributed by atoms with Gasteiger partial charge in [0.05, 0.1) is 10.6 Å². The van der Waals surface area contributed by atoms with E-state index in [9.17, 15) is 0 Å². The lowest BCUT2D eigenvalue weighted by Gasteiger charge is -2.20. The van der Waals surface area contributed by atoms with Gasteiger partial charge in [-0.25, -0.2) is 4.98 Å². The van der Waals surface area contributed by atoms with Gasteiger partial charge in [-0.05, 0) is 49.2 Å². The first-order chi connectivity index (χ1) is 8.89. The Kier molecular flexibility index (Phi) is 4.82. The van der Waals surface area contributed by atoms with Crippen LogP contribution in [-0.4, -0.2) is 10.5 Å². The number of thiazole rings is 1. The van der Waals surface area contributed by atoms with Crippen molar-refractivity contribution in [2.24, 2.45) is 0 Å². The predicted molar refractivity (Wildman–Crippen MR) is 89.1 cm³/mol. The minimum absolute atomic E-state index is 0.140. The molecule has 0 bridgehead atoms. The molecule has 0 aliphatic heterocycles. The molecule has 0 saturated heterocycles. The van der Waals surface area contributed by atoms with Crippen LogP contribution in [0.3, 0.4) is 0 Å². The van der Waals surface area contributed by atoms with Crippen LogP contribution in [0, 0.1) is 0 Å². The molecule has 0 saturated carbocycles. The SMILES string of the molecule is CCc1nc(-c2cc(Br)cs2)sc1CNC(C)(C)C. The summed E-state index contributed by atoms with van der Waals surface area (Å²) in [6.45, 7) is 9.64. The van der Waals surface area contributed by atoms with E-state index in [0.29, 0.717) is 0 Å². The minimum Gasteiger partial charge on any atom is -0.307 e. The first-order valence-corrected chi connectivity index (χ1v) is 8.86. The summed E-state index contributed by atoms with van der Waals surface area (Å²) in [6, 6.07) is 2.14. The van der Waals surface area contributed by atoms with Gasteiger partial charge in [0.2, 0.25) is 0 Å². The highest BCUT2D eigenvalue weighted by Crippen LogP contribution is 2.34. The summed E-state index contributed by atoms with van der Waals surface area (Å²) in [7, 11) is 0. The summed E-state index contributed by atoms with van der Waals surface area (Å²) in [6.07, 6.45) is 0.990. The van der Waals surface area contributed by atoms with Crippen LogP contribution in [0.2, 0.25) is 0 Å². The van der Waals surface area contributed by atoms with Gasteiger partial charge < -0.3 is 5.32 Å². The molecule has 0 fully saturated rings. The van der Waals surface area contributed by atoms with E-state index in [1.54, 1.807) is 11.3 Å². The van der Waals surface area contributed by atoms with Crippen LogP contribution in [0.1, 0.15) is 38.3 Å². The molecule has 2 heterocycles. The Bertz CT molecular complexity index is 552. The zero-order chi connectivity index (χ0) is 14.0. The zero-order valence-electron chi connectivity index (χ0n) is 11.7. The first kappa shape index (κ1) is 15.2. The number of thiophene rings is 1. The molecule has 0 atom stereocenters. The topological polar surface area (TPSA) is 24.9 Å². The van der Waals surface area contributed by atoms with Gasteiger partial charge >= 0.3 is 0 Å². The number of hydrogen-bond acceptors (Lipinski definition) is 4. The highest BCUT2D eigenvalue weighted by Gasteiger charge is 2.15. The lowest BCUT2D eigenvalue weighted by molar-refractivity contribution is 0.425. The van der Waals surface area contributed by atoms with Crippen LogP contribution in [0.4, 0.5) is 0 Å². The molecule has 0 radical (unpaired) electrons. The quantitative estimate of drug-likeness (QED) is 0.823. The molecule has 19 heavy (non-hydrogen) atoms. The molecular weight excluding hydrogens is 340 g/mol. The zero-order valence-corrected chi connectivity index (χ0v) is 14.9. The molecule has 0 spiro atoms. The van der Waals surface area contributed by atoms with Crippen molar-refractivity contribution in [3.05, 3.63) is 26.5 Å². The van der Waals surface area contributed by atoms with Crippen LogP contribution >= 0.6 is 38.6 Å². The monoisotopic (exact) mass is 358 g/mol. The van der Waals surface area contributed by atoms with Gasteiger partial charge in [0.15, 0.2) is 0 Å². The highest BCUT2D eigenvalue weighted by molar-refractivity contribution is 9.10. The Morgan fingerprint density at radius 1 is 1.37 bits per heavy atom. The number of halogens is 1. The van der Waals surface area contributed by atoms with Gasteiger partial charge in [0.25, 0.3) is 0 Å². The van der Waals surface area contributed by atoms with E-state index < -0.39 is 0 Å². The van der Waals surface area contributed by atoms with Crippen molar-refractivity contribution in [2.75, 3.05) is 0 Å². The number of nitrogens with zero attached hydrogens (tertiary/aromatic N) is 1. The summed E-state index contributed by atoms with van der Waals surface area (Å²) in [4.78, 5) is 7.38. The third-order valence-electron chi connectivity index (χ3n) is 2.67. The molecule has 0 aliphatic rings. The molecule has 1 N–H and O–H groups in total. The fourth-order valence-corrected chi connectivity index (χ4v) is 4.25. The summed E-state index contributed by atoms with van der Waals surface area (Å²) in [5.41, 5.74) is 1.36. The Balaban J connectivity index is 2.22. The molecule has 2 rings (SSSR count). The fourth-order valence-electron chi connectivity index (χ4n) is 1.67. The number of aryl methyl sites for hydroxylation is 1. The van der Waals surface area contributed by atoms with Crippen molar-refractivity contribution in [3.63, 3.8) is 0 Å². The first-order valence-electron chi connectivity index (χ1n) is 6.37. The van der Waals surface area contributed by atoms with E-state index in [4.69, 9.17) is 4.98 Å². The third kappa shape index (κ3) is 4.12. The van der Waals surface area contributed by atoms with E-state index in [2.05, 4.69) is 60.4 Å². The largest absolute Gasteiger partial charge is 0.307 e. The molecule has 2 aromatic heterocycles. The molecule has 0 aliphatic carbocycles. The van der Waals surface area contributed by atoms with E-state index in [1.807, 2.05) is 11.3 Å². The van der Waals surface area contributed by atoms with Crippen LogP contribution < -0.4 is 5.32 Å². The number of aromatic nitrogens is 1. The maximum atomic E-state index is 4.78. The average Bonchev–Trinajstić information content (AvgIpc) is 2.91. The second-order valence-corrected chi connectivity index (χ2v) is 8.39. The van der Waals surface area contributed by atoms with Crippen molar-refractivity contribution in [1.82, 2.24) is 10.3 Å². The van der Waals surface area contributed by atoms with Gasteiger partial charge in [0, 0.05) is 26.8 Å². The number of rotatable bonds is 4. The fraction of sp³-hybridized carbons (Fsp3) is 0.500. The summed E-state index contributed by atoms with van der Waals surface area (Å²) >= 11 is 7.05. The smallest absolute Gasteiger partial charge is 0.133 e. The summed E-state index contributed by atoms with van der Waals surface area (Å²) < 4.78 is 1.13. The standard InChI is InChI=1S/C14H19BrN2S2/c1-5-10-12(7-16-14(2,3)4)19-13(17-10)11-6-9(15)8-18-11/h6,8,16H,5,7H2,1-4H3. The van der Waals surface area contributed by atoms with E-state index in [0.717, 1.165) is 22.4 Å². The normalized spacial score (nSPS) is 12.1. The van der Waals surface area contributed by atoms with E-state index in [-0.39, 0.29) is 5.54 Å². The Morgan fingerprint density at radius 2 is 2.11 bits per heavy atom. The highest BCUT2D eigenvalue weighted by atomic mass is 79.9. The van der Waals surface area contributed by atoms with Crippen molar-refractivity contribution in [2.45, 2.75) is 46.2 Å². The molecule has 5 heteroatoms. The lowest BCUT2D eigenvalue weighted by Crippen LogP contribution is -2.35. The maximum absolute atomic E-state index is 4.78. The average molecular weight is 359 g/mol. The van der Waals surface area contributed by atoms with Crippen LogP contribution in [0.15, 0.2) is 15.9 Å². The number of hydrogen-bond donors (Lipinski definition) is 1. The molecular formula is C14H19BrN2S2. The second kappa shape index (κ2) is 6.04. The molecule has 0 unspecified atom stereocenters. The molecule has 104 valence electrons. The van der Waals surface area contributed by atoms with Gasteiger partial charge in [-0.1, -0.05) is 6.92 Å². The van der Waals surface area contributed by atoms with Crippen molar-refractivity contribution in [1.29, 1.82) is 0 Å². The van der Waals surface area contributed by atoms with Gasteiger partial charge in [-0.15, -0.1) is 22.7 Å². The van der Waals surface area contributed by atoms with Gasteiger partial charge in [-0.3, -0.25) is 0 Å². The van der Waals surface area contributed by atoms with Crippen molar-refractivity contribution in [3.8, 4) is 9.88 Å². The van der Waals surface area contributed by atoms with Gasteiger partial charge in [-0.2, -0.15) is 0 Å². The van der Waals surface area contributed by atoms with Crippen molar-refractivity contribution >= 4 is 38.6 Å². The van der Waals surface area contributed by atoms with E-state index in [1.165, 1.54) is 15.4 Å². The van der Waals surface area contributed by atoms with Crippen molar-refractivity contribution < 1.29 is 0 Å². The Labute approximate surface area is 131 Å². The Hall–Kier alpha value is -0.230. The summed E-state index contributed by atoms with van der Waals surface area (Å²) in [5, 5.41) is 6.79. The van der Waals surface area contributed by atoms with Gasteiger partial charge in [0.1, 0.15) is 5.01 Å². The Morgan fingerprint density at radius 3 is 2.63 bits per heavy atom. The van der Waals surface area contributed by atoms with Crippen LogP contribution in [0.25, 0.3) is 9.88 Å². The third-order valence-corrected chi connectivity index (χ3v) is 5.63. The minimum atomic E-state index is 0.140. The lowest BCUT2D eigenvalue weighted by atomic mass is 10.1. The maximum Gasteiger partial charge on any atom is 0.133 e.